The van der Waals surface area contributed by atoms with E-state index in [2.05, 4.69) is 31.2 Å². The molecule has 18 heavy (non-hydrogen) atoms. The summed E-state index contributed by atoms with van der Waals surface area (Å²) >= 11 is 0. The smallest absolute Gasteiger partial charge is 0.104 e. The van der Waals surface area contributed by atoms with Gasteiger partial charge in [0.2, 0.25) is 0 Å². The molecule has 1 aromatic rings. The number of nitrogens with two attached hydrogens (primary N) is 1. The first-order valence-electron chi connectivity index (χ1n) is 6.24. The Labute approximate surface area is 108 Å². The second-order valence-corrected chi connectivity index (χ2v) is 4.62. The van der Waals surface area contributed by atoms with Crippen molar-refractivity contribution in [3.8, 4) is 6.07 Å². The molecule has 0 radical (unpaired) electrons. The van der Waals surface area contributed by atoms with Crippen LogP contribution in [0.1, 0.15) is 30.6 Å². The van der Waals surface area contributed by atoms with Crippen molar-refractivity contribution in [2.75, 3.05) is 13.2 Å². The van der Waals surface area contributed by atoms with Gasteiger partial charge in [-0.05, 0) is 30.0 Å². The summed E-state index contributed by atoms with van der Waals surface area (Å²) in [6.45, 7) is 3.05. The number of benzene rings is 1. The summed E-state index contributed by atoms with van der Waals surface area (Å²) < 4.78 is 5.90. The van der Waals surface area contributed by atoms with E-state index in [9.17, 15) is 0 Å². The summed E-state index contributed by atoms with van der Waals surface area (Å²) in [6, 6.07) is 10.4. The van der Waals surface area contributed by atoms with Gasteiger partial charge in [-0.3, -0.25) is 0 Å². The van der Waals surface area contributed by atoms with Gasteiger partial charge < -0.3 is 10.5 Å². The third-order valence-corrected chi connectivity index (χ3v) is 3.29. The third-order valence-electron chi connectivity index (χ3n) is 3.29. The highest BCUT2D eigenvalue weighted by molar-refractivity contribution is 5.64. The number of fused-ring (bicyclic) bond motifs is 1. The zero-order valence-corrected chi connectivity index (χ0v) is 10.6. The molecule has 0 spiro atoms. The standard InChI is InChI=1S/C15H18N2O/c1-11-8-13-4-2-3-5-14(13)15(11)18-7-6-12(9-16)10-17/h2-5,8,12,15H,6-7,9,16H2,1H3. The number of nitrogens with zero attached hydrogens (tertiary/aromatic N) is 1. The number of hydrogen-bond acceptors (Lipinski definition) is 3. The van der Waals surface area contributed by atoms with Gasteiger partial charge in [0.1, 0.15) is 6.10 Å². The van der Waals surface area contributed by atoms with Crippen molar-refractivity contribution in [2.24, 2.45) is 11.7 Å². The molecule has 0 saturated heterocycles. The second-order valence-electron chi connectivity index (χ2n) is 4.62. The minimum Gasteiger partial charge on any atom is -0.369 e. The van der Waals surface area contributed by atoms with Crippen LogP contribution in [0, 0.1) is 17.2 Å². The largest absolute Gasteiger partial charge is 0.369 e. The molecule has 3 nitrogen and oxygen atoms in total. The molecular formula is C15H18N2O. The monoisotopic (exact) mass is 242 g/mol. The molecule has 1 aromatic carbocycles. The Morgan fingerprint density at radius 1 is 1.44 bits per heavy atom. The molecule has 0 amide bonds. The van der Waals surface area contributed by atoms with Crippen molar-refractivity contribution < 1.29 is 4.74 Å². The molecule has 1 aliphatic carbocycles. The van der Waals surface area contributed by atoms with E-state index in [1.54, 1.807) is 0 Å². The molecule has 0 fully saturated rings. The summed E-state index contributed by atoms with van der Waals surface area (Å²) in [4.78, 5) is 0. The maximum absolute atomic E-state index is 8.83. The number of rotatable bonds is 5. The lowest BCUT2D eigenvalue weighted by Crippen LogP contribution is -2.15. The molecule has 2 unspecified atom stereocenters. The van der Waals surface area contributed by atoms with Crippen LogP contribution in [0.25, 0.3) is 6.08 Å². The average molecular weight is 242 g/mol. The van der Waals surface area contributed by atoms with Gasteiger partial charge in [0.15, 0.2) is 0 Å². The van der Waals surface area contributed by atoms with E-state index in [0.717, 1.165) is 0 Å². The summed E-state index contributed by atoms with van der Waals surface area (Å²) in [7, 11) is 0. The van der Waals surface area contributed by atoms with Gasteiger partial charge in [-0.1, -0.05) is 30.3 Å². The van der Waals surface area contributed by atoms with Crippen molar-refractivity contribution in [2.45, 2.75) is 19.4 Å². The molecule has 3 heteroatoms. The van der Waals surface area contributed by atoms with Gasteiger partial charge in [0.25, 0.3) is 0 Å². The van der Waals surface area contributed by atoms with Crippen molar-refractivity contribution in [3.05, 3.63) is 41.0 Å². The van der Waals surface area contributed by atoms with E-state index in [1.807, 2.05) is 12.1 Å². The Kier molecular flexibility index (Phi) is 4.14. The van der Waals surface area contributed by atoms with Crippen LogP contribution < -0.4 is 5.73 Å². The van der Waals surface area contributed by atoms with E-state index in [-0.39, 0.29) is 12.0 Å². The Hall–Kier alpha value is -1.63. The zero-order valence-electron chi connectivity index (χ0n) is 10.6. The number of hydrogen-bond donors (Lipinski definition) is 1. The predicted octanol–water partition coefficient (Wildman–Crippen LogP) is 2.65. The van der Waals surface area contributed by atoms with Crippen LogP contribution in [-0.2, 0) is 4.74 Å². The predicted molar refractivity (Wildman–Crippen MR) is 71.6 cm³/mol. The van der Waals surface area contributed by atoms with Crippen molar-refractivity contribution >= 4 is 6.08 Å². The summed E-state index contributed by atoms with van der Waals surface area (Å²) in [6.07, 6.45) is 2.89. The van der Waals surface area contributed by atoms with Gasteiger partial charge in [-0.25, -0.2) is 0 Å². The zero-order chi connectivity index (χ0) is 13.0. The second kappa shape index (κ2) is 5.81. The Balaban J connectivity index is 1.95. The normalized spacial score (nSPS) is 18.9. The van der Waals surface area contributed by atoms with Gasteiger partial charge in [-0.15, -0.1) is 0 Å². The summed E-state index contributed by atoms with van der Waals surface area (Å²) in [5.41, 5.74) is 9.16. The molecule has 0 aliphatic heterocycles. The van der Waals surface area contributed by atoms with Gasteiger partial charge in [0.05, 0.1) is 12.0 Å². The average Bonchev–Trinajstić information content (AvgIpc) is 2.71. The fourth-order valence-corrected chi connectivity index (χ4v) is 2.23. The summed E-state index contributed by atoms with van der Waals surface area (Å²) in [5.74, 6) is -0.106. The van der Waals surface area contributed by atoms with Crippen LogP contribution in [0.4, 0.5) is 0 Å². The molecule has 2 rings (SSSR count). The Bertz CT molecular complexity index is 488. The van der Waals surface area contributed by atoms with E-state index in [1.165, 1.54) is 16.7 Å². The Morgan fingerprint density at radius 3 is 2.94 bits per heavy atom. The summed E-state index contributed by atoms with van der Waals surface area (Å²) in [5, 5.41) is 8.83. The molecule has 0 aromatic heterocycles. The van der Waals surface area contributed by atoms with Crippen LogP contribution >= 0.6 is 0 Å². The van der Waals surface area contributed by atoms with Crippen molar-refractivity contribution in [1.29, 1.82) is 5.26 Å². The van der Waals surface area contributed by atoms with E-state index in [0.29, 0.717) is 19.6 Å². The van der Waals surface area contributed by atoms with E-state index in [4.69, 9.17) is 15.7 Å². The number of nitriles is 1. The SMILES string of the molecule is CC1=Cc2ccccc2C1OCCC(C#N)CN. The lowest BCUT2D eigenvalue weighted by atomic mass is 10.1. The fourth-order valence-electron chi connectivity index (χ4n) is 2.23. The number of ether oxygens (including phenoxy) is 1. The van der Waals surface area contributed by atoms with Crippen LogP contribution in [0.2, 0.25) is 0 Å². The van der Waals surface area contributed by atoms with Gasteiger partial charge in [0, 0.05) is 13.2 Å². The lowest BCUT2D eigenvalue weighted by Gasteiger charge is -2.16. The quantitative estimate of drug-likeness (QED) is 0.863. The first-order chi connectivity index (χ1) is 8.76. The highest BCUT2D eigenvalue weighted by Crippen LogP contribution is 2.36. The molecule has 2 atom stereocenters. The first kappa shape index (κ1) is 12.8. The molecule has 2 N–H and O–H groups in total. The minimum atomic E-state index is -0.106. The highest BCUT2D eigenvalue weighted by atomic mass is 16.5. The van der Waals surface area contributed by atoms with Gasteiger partial charge >= 0.3 is 0 Å². The molecule has 0 heterocycles. The fraction of sp³-hybridized carbons (Fsp3) is 0.400. The maximum atomic E-state index is 8.83. The van der Waals surface area contributed by atoms with Crippen LogP contribution in [0.3, 0.4) is 0 Å². The lowest BCUT2D eigenvalue weighted by molar-refractivity contribution is 0.0733. The van der Waals surface area contributed by atoms with Crippen molar-refractivity contribution in [1.82, 2.24) is 0 Å². The first-order valence-corrected chi connectivity index (χ1v) is 6.24. The highest BCUT2D eigenvalue weighted by Gasteiger charge is 2.22. The molecule has 1 aliphatic rings. The molecule has 0 bridgehead atoms. The molecule has 0 saturated carbocycles. The minimum absolute atomic E-state index is 0.0401. The maximum Gasteiger partial charge on any atom is 0.104 e. The molecule has 94 valence electrons. The Morgan fingerprint density at radius 2 is 2.22 bits per heavy atom. The van der Waals surface area contributed by atoms with Crippen LogP contribution in [-0.4, -0.2) is 13.2 Å². The van der Waals surface area contributed by atoms with Gasteiger partial charge in [-0.2, -0.15) is 5.26 Å². The van der Waals surface area contributed by atoms with Crippen LogP contribution in [0.15, 0.2) is 29.8 Å². The van der Waals surface area contributed by atoms with Crippen molar-refractivity contribution in [3.63, 3.8) is 0 Å². The third kappa shape index (κ3) is 2.61. The topological polar surface area (TPSA) is 59.0 Å². The van der Waals surface area contributed by atoms with E-state index < -0.39 is 0 Å². The molecular weight excluding hydrogens is 224 g/mol. The van der Waals surface area contributed by atoms with E-state index >= 15 is 0 Å². The van der Waals surface area contributed by atoms with Crippen LogP contribution in [0.5, 0.6) is 0 Å².